The van der Waals surface area contributed by atoms with E-state index in [1.807, 2.05) is 0 Å². The first-order valence-electron chi connectivity index (χ1n) is 10.5. The van der Waals surface area contributed by atoms with Crippen LogP contribution in [0.4, 0.5) is 5.82 Å². The van der Waals surface area contributed by atoms with Gasteiger partial charge in [-0.15, -0.1) is 0 Å². The van der Waals surface area contributed by atoms with Crippen LogP contribution in [0, 0.1) is 0 Å². The van der Waals surface area contributed by atoms with Crippen molar-refractivity contribution in [1.82, 2.24) is 14.9 Å². The van der Waals surface area contributed by atoms with Crippen LogP contribution in [0.15, 0.2) is 24.5 Å². The Morgan fingerprint density at radius 1 is 1.07 bits per heavy atom. The molecule has 0 spiro atoms. The van der Waals surface area contributed by atoms with Gasteiger partial charge in [0.25, 0.3) is 0 Å². The first-order valence-corrected chi connectivity index (χ1v) is 10.5. The van der Waals surface area contributed by atoms with Crippen molar-refractivity contribution in [2.45, 2.75) is 62.9 Å². The first kappa shape index (κ1) is 17.4. The topological polar surface area (TPSA) is 50.3 Å². The molecule has 5 heteroatoms. The van der Waals surface area contributed by atoms with Crippen molar-refractivity contribution >= 4 is 16.7 Å². The van der Waals surface area contributed by atoms with Gasteiger partial charge in [-0.1, -0.05) is 13.0 Å². The van der Waals surface area contributed by atoms with Gasteiger partial charge in [0.05, 0.1) is 18.7 Å². The summed E-state index contributed by atoms with van der Waals surface area (Å²) in [5, 5.41) is 4.93. The van der Waals surface area contributed by atoms with Gasteiger partial charge < -0.3 is 10.1 Å². The summed E-state index contributed by atoms with van der Waals surface area (Å²) in [4.78, 5) is 11.7. The van der Waals surface area contributed by atoms with Crippen molar-refractivity contribution < 1.29 is 4.74 Å². The number of morpholine rings is 1. The van der Waals surface area contributed by atoms with Crippen LogP contribution in [0.5, 0.6) is 0 Å². The summed E-state index contributed by atoms with van der Waals surface area (Å²) in [5.41, 5.74) is 2.85. The number of nitrogens with one attached hydrogen (secondary N) is 1. The second kappa shape index (κ2) is 7.02. The van der Waals surface area contributed by atoms with E-state index in [0.29, 0.717) is 11.5 Å². The van der Waals surface area contributed by atoms with Gasteiger partial charge >= 0.3 is 0 Å². The number of rotatable bonds is 4. The highest BCUT2D eigenvalue weighted by Crippen LogP contribution is 2.48. The summed E-state index contributed by atoms with van der Waals surface area (Å²) in [5.74, 6) is 1.01. The predicted molar refractivity (Wildman–Crippen MR) is 108 cm³/mol. The van der Waals surface area contributed by atoms with E-state index in [1.54, 1.807) is 6.33 Å². The third-order valence-electron chi connectivity index (χ3n) is 6.93. The van der Waals surface area contributed by atoms with Gasteiger partial charge in [0.1, 0.15) is 12.1 Å². The largest absolute Gasteiger partial charge is 0.379 e. The molecule has 5 nitrogen and oxygen atoms in total. The van der Waals surface area contributed by atoms with Gasteiger partial charge in [-0.25, -0.2) is 9.97 Å². The molecule has 0 unspecified atom stereocenters. The number of anilines is 1. The van der Waals surface area contributed by atoms with E-state index in [0.717, 1.165) is 43.7 Å². The van der Waals surface area contributed by atoms with Crippen molar-refractivity contribution in [3.05, 3.63) is 30.1 Å². The monoisotopic (exact) mass is 366 g/mol. The molecule has 2 aliphatic carbocycles. The molecule has 1 N–H and O–H groups in total. The molecule has 1 saturated heterocycles. The minimum Gasteiger partial charge on any atom is -0.379 e. The Labute approximate surface area is 161 Å². The summed E-state index contributed by atoms with van der Waals surface area (Å²) < 4.78 is 5.50. The van der Waals surface area contributed by atoms with Crippen LogP contribution in [0.3, 0.4) is 0 Å². The Hall–Kier alpha value is -1.72. The summed E-state index contributed by atoms with van der Waals surface area (Å²) in [6.45, 7) is 6.35. The van der Waals surface area contributed by atoms with E-state index in [-0.39, 0.29) is 0 Å². The van der Waals surface area contributed by atoms with Crippen LogP contribution in [0.1, 0.15) is 51.0 Å². The van der Waals surface area contributed by atoms with Crippen LogP contribution < -0.4 is 5.32 Å². The smallest absolute Gasteiger partial charge is 0.137 e. The lowest BCUT2D eigenvalue weighted by Gasteiger charge is -2.39. The lowest BCUT2D eigenvalue weighted by atomic mass is 9.89. The fraction of sp³-hybridized carbons (Fsp3) is 0.636. The molecule has 1 aliphatic heterocycles. The van der Waals surface area contributed by atoms with Crippen molar-refractivity contribution in [3.63, 3.8) is 0 Å². The summed E-state index contributed by atoms with van der Waals surface area (Å²) in [6.07, 6.45) is 9.24. The number of benzene rings is 1. The zero-order chi connectivity index (χ0) is 18.3. The van der Waals surface area contributed by atoms with E-state index in [2.05, 4.69) is 45.3 Å². The molecule has 2 heterocycles. The molecule has 0 amide bonds. The molecule has 3 aliphatic rings. The molecule has 3 fully saturated rings. The predicted octanol–water partition coefficient (Wildman–Crippen LogP) is 3.74. The summed E-state index contributed by atoms with van der Waals surface area (Å²) in [6, 6.07) is 7.98. The van der Waals surface area contributed by atoms with Crippen LogP contribution in [0.2, 0.25) is 0 Å². The molecular formula is C22H30N4O. The Kier molecular flexibility index (Phi) is 4.52. The maximum Gasteiger partial charge on any atom is 0.137 e. The maximum atomic E-state index is 5.50. The number of ether oxygens (including phenoxy) is 1. The number of fused-ring (bicyclic) bond motifs is 1. The van der Waals surface area contributed by atoms with Crippen LogP contribution >= 0.6 is 0 Å². The minimum atomic E-state index is 0.373. The number of hydrogen-bond acceptors (Lipinski definition) is 5. The van der Waals surface area contributed by atoms with Crippen LogP contribution in [-0.2, 0) is 10.2 Å². The molecule has 2 saturated carbocycles. The highest BCUT2D eigenvalue weighted by atomic mass is 16.5. The normalized spacial score (nSPS) is 28.2. The second-order valence-electron chi connectivity index (χ2n) is 8.81. The average Bonchev–Trinajstić information content (AvgIpc) is 3.48. The molecule has 27 heavy (non-hydrogen) atoms. The molecule has 1 aromatic heterocycles. The highest BCUT2D eigenvalue weighted by molar-refractivity contribution is 5.89. The zero-order valence-electron chi connectivity index (χ0n) is 16.3. The lowest BCUT2D eigenvalue weighted by Crippen LogP contribution is -2.46. The average molecular weight is 367 g/mol. The third kappa shape index (κ3) is 3.55. The van der Waals surface area contributed by atoms with Gasteiger partial charge in [0, 0.05) is 30.6 Å². The Balaban J connectivity index is 1.29. The highest BCUT2D eigenvalue weighted by Gasteiger charge is 2.39. The molecule has 5 rings (SSSR count). The molecule has 0 bridgehead atoms. The van der Waals surface area contributed by atoms with E-state index < -0.39 is 0 Å². The van der Waals surface area contributed by atoms with Crippen LogP contribution in [0.25, 0.3) is 10.9 Å². The lowest BCUT2D eigenvalue weighted by molar-refractivity contribution is 0.00791. The third-order valence-corrected chi connectivity index (χ3v) is 6.93. The van der Waals surface area contributed by atoms with Gasteiger partial charge in [-0.2, -0.15) is 0 Å². The minimum absolute atomic E-state index is 0.373. The second-order valence-corrected chi connectivity index (χ2v) is 8.81. The molecule has 0 atom stereocenters. The van der Waals surface area contributed by atoms with E-state index in [9.17, 15) is 0 Å². The Morgan fingerprint density at radius 3 is 2.59 bits per heavy atom. The maximum absolute atomic E-state index is 5.50. The SMILES string of the molecule is CC1(c2ccc3ncnc(N[C@H]4CC[C@H](N5CCOCC5)CC4)c3c2)CC1. The van der Waals surface area contributed by atoms with E-state index in [4.69, 9.17) is 4.74 Å². The first-order chi connectivity index (χ1) is 13.2. The zero-order valence-corrected chi connectivity index (χ0v) is 16.3. The molecule has 0 radical (unpaired) electrons. The Bertz CT molecular complexity index is 805. The quantitative estimate of drug-likeness (QED) is 0.893. The molecule has 144 valence electrons. The van der Waals surface area contributed by atoms with E-state index in [1.165, 1.54) is 49.5 Å². The van der Waals surface area contributed by atoms with Gasteiger partial charge in [-0.3, -0.25) is 4.90 Å². The van der Waals surface area contributed by atoms with E-state index >= 15 is 0 Å². The number of nitrogens with zero attached hydrogens (tertiary/aromatic N) is 3. The van der Waals surface area contributed by atoms with Crippen molar-refractivity contribution in [2.24, 2.45) is 0 Å². The molecular weight excluding hydrogens is 336 g/mol. The number of aromatic nitrogens is 2. The summed E-state index contributed by atoms with van der Waals surface area (Å²) >= 11 is 0. The summed E-state index contributed by atoms with van der Waals surface area (Å²) in [7, 11) is 0. The van der Waals surface area contributed by atoms with Gasteiger partial charge in [0.2, 0.25) is 0 Å². The van der Waals surface area contributed by atoms with Crippen molar-refractivity contribution in [2.75, 3.05) is 31.6 Å². The van der Waals surface area contributed by atoms with Crippen molar-refractivity contribution in [3.8, 4) is 0 Å². The van der Waals surface area contributed by atoms with Crippen molar-refractivity contribution in [1.29, 1.82) is 0 Å². The fourth-order valence-corrected chi connectivity index (χ4v) is 4.74. The number of hydrogen-bond donors (Lipinski definition) is 1. The fourth-order valence-electron chi connectivity index (χ4n) is 4.74. The Morgan fingerprint density at radius 2 is 1.85 bits per heavy atom. The molecule has 2 aromatic rings. The van der Waals surface area contributed by atoms with Gasteiger partial charge in [-0.05, 0) is 61.6 Å². The van der Waals surface area contributed by atoms with Gasteiger partial charge in [0.15, 0.2) is 0 Å². The standard InChI is InChI=1S/C22H30N4O/c1-22(8-9-22)16-2-7-20-19(14-16)21(24-15-23-20)25-17-3-5-18(6-4-17)26-10-12-27-13-11-26/h2,7,14-15,17-18H,3-6,8-13H2,1H3,(H,23,24,25)/t17-,18-. The van der Waals surface area contributed by atoms with Crippen LogP contribution in [-0.4, -0.2) is 53.3 Å². The molecule has 1 aromatic carbocycles.